The third kappa shape index (κ3) is 3.43. The molecule has 0 aliphatic rings. The highest BCUT2D eigenvalue weighted by Crippen LogP contribution is 2.44. The molecule has 2 rings (SSSR count). The summed E-state index contributed by atoms with van der Waals surface area (Å²) in [6, 6.07) is 8.69. The Morgan fingerprint density at radius 3 is 2.10 bits per heavy atom. The van der Waals surface area contributed by atoms with E-state index in [1.54, 1.807) is 18.2 Å². The van der Waals surface area contributed by atoms with Gasteiger partial charge in [-0.15, -0.1) is 0 Å². The van der Waals surface area contributed by atoms with Gasteiger partial charge in [-0.2, -0.15) is 13.2 Å². The monoisotopic (exact) mass is 336 g/mol. The number of hydrogen-bond donors (Lipinski definition) is 0. The summed E-state index contributed by atoms with van der Waals surface area (Å²) in [5.41, 5.74) is 0.158. The van der Waals surface area contributed by atoms with Crippen LogP contribution in [0.2, 0.25) is 10.0 Å². The van der Waals surface area contributed by atoms with Crippen LogP contribution in [0.5, 0.6) is 0 Å². The van der Waals surface area contributed by atoms with Crippen molar-refractivity contribution in [3.63, 3.8) is 0 Å². The molecule has 0 aliphatic carbocycles. The molecular formula is C14H9Cl2F3S. The molecule has 0 aromatic heterocycles. The Labute approximate surface area is 128 Å². The summed E-state index contributed by atoms with van der Waals surface area (Å²) < 4.78 is 38.8. The zero-order chi connectivity index (χ0) is 14.9. The molecule has 0 radical (unpaired) electrons. The van der Waals surface area contributed by atoms with Crippen molar-refractivity contribution in [3.8, 4) is 0 Å². The van der Waals surface area contributed by atoms with Crippen LogP contribution < -0.4 is 0 Å². The van der Waals surface area contributed by atoms with Gasteiger partial charge in [0.05, 0.1) is 15.6 Å². The van der Waals surface area contributed by atoms with E-state index < -0.39 is 11.7 Å². The van der Waals surface area contributed by atoms with Crippen LogP contribution in [0, 0.1) is 6.92 Å². The zero-order valence-electron chi connectivity index (χ0n) is 10.3. The number of rotatable bonds is 2. The van der Waals surface area contributed by atoms with Crippen molar-refractivity contribution in [1.29, 1.82) is 0 Å². The van der Waals surface area contributed by atoms with Gasteiger partial charge in [0, 0.05) is 9.79 Å². The van der Waals surface area contributed by atoms with Gasteiger partial charge in [-0.3, -0.25) is 0 Å². The molecule has 2 aromatic rings. The first kappa shape index (κ1) is 15.5. The Morgan fingerprint density at radius 2 is 1.55 bits per heavy atom. The summed E-state index contributed by atoms with van der Waals surface area (Å²) in [5.74, 6) is 0. The molecule has 0 amide bonds. The lowest BCUT2D eigenvalue weighted by molar-refractivity contribution is -0.139. The molecule has 2 aromatic carbocycles. The van der Waals surface area contributed by atoms with Crippen LogP contribution >= 0.6 is 35.0 Å². The smallest absolute Gasteiger partial charge is 0.166 e. The predicted octanol–water partition coefficient (Wildman–Crippen LogP) is 6.47. The van der Waals surface area contributed by atoms with Gasteiger partial charge < -0.3 is 0 Å². The second-order valence-electron chi connectivity index (χ2n) is 4.15. The topological polar surface area (TPSA) is 0 Å². The van der Waals surface area contributed by atoms with E-state index >= 15 is 0 Å². The third-order valence-corrected chi connectivity index (χ3v) is 4.59. The van der Waals surface area contributed by atoms with Crippen molar-refractivity contribution in [2.24, 2.45) is 0 Å². The fourth-order valence-corrected chi connectivity index (χ4v) is 3.48. The highest BCUT2D eigenvalue weighted by Gasteiger charge is 2.33. The average Bonchev–Trinajstić information content (AvgIpc) is 2.33. The normalized spacial score (nSPS) is 11.7. The number of aryl methyl sites for hydroxylation is 1. The highest BCUT2D eigenvalue weighted by atomic mass is 35.5. The Hall–Kier alpha value is -0.840. The van der Waals surface area contributed by atoms with Crippen LogP contribution in [0.15, 0.2) is 46.2 Å². The summed E-state index contributed by atoms with van der Waals surface area (Å²) in [7, 11) is 0. The standard InChI is InChI=1S/C14H9Cl2F3S/c1-8-6-10(15)13(11(16)7-8)20-12-5-3-2-4-9(12)14(17,18)19/h2-7H,1H3. The second kappa shape index (κ2) is 5.88. The molecule has 106 valence electrons. The van der Waals surface area contributed by atoms with Gasteiger partial charge in [0.2, 0.25) is 0 Å². The van der Waals surface area contributed by atoms with Gasteiger partial charge in [-0.25, -0.2) is 0 Å². The van der Waals surface area contributed by atoms with Crippen LogP contribution in [0.4, 0.5) is 13.2 Å². The fourth-order valence-electron chi connectivity index (χ4n) is 1.68. The summed E-state index contributed by atoms with van der Waals surface area (Å²) >= 11 is 13.0. The molecule has 0 spiro atoms. The lowest BCUT2D eigenvalue weighted by Gasteiger charge is -2.13. The van der Waals surface area contributed by atoms with E-state index in [4.69, 9.17) is 23.2 Å². The largest absolute Gasteiger partial charge is 0.417 e. The van der Waals surface area contributed by atoms with Crippen LogP contribution in [0.1, 0.15) is 11.1 Å². The molecule has 0 bridgehead atoms. The molecule has 6 heteroatoms. The molecule has 0 saturated heterocycles. The Bertz CT molecular complexity index is 616. The van der Waals surface area contributed by atoms with Gasteiger partial charge in [-0.05, 0) is 36.8 Å². The lowest BCUT2D eigenvalue weighted by Crippen LogP contribution is -2.06. The molecule has 0 heterocycles. The van der Waals surface area contributed by atoms with E-state index in [-0.39, 0.29) is 4.90 Å². The maximum atomic E-state index is 12.9. The summed E-state index contributed by atoms with van der Waals surface area (Å²) in [6.45, 7) is 1.82. The molecule has 0 nitrogen and oxygen atoms in total. The maximum Gasteiger partial charge on any atom is 0.417 e. The minimum Gasteiger partial charge on any atom is -0.166 e. The molecule has 0 unspecified atom stereocenters. The predicted molar refractivity (Wildman–Crippen MR) is 76.8 cm³/mol. The molecular weight excluding hydrogens is 328 g/mol. The number of alkyl halides is 3. The first-order chi connectivity index (χ1) is 9.29. The summed E-state index contributed by atoms with van der Waals surface area (Å²) in [6.07, 6.45) is -4.41. The van der Waals surface area contributed by atoms with E-state index in [9.17, 15) is 13.2 Å². The lowest BCUT2D eigenvalue weighted by atomic mass is 10.2. The highest BCUT2D eigenvalue weighted by molar-refractivity contribution is 7.99. The molecule has 0 fully saturated rings. The van der Waals surface area contributed by atoms with Crippen molar-refractivity contribution < 1.29 is 13.2 Å². The summed E-state index contributed by atoms with van der Waals surface area (Å²) in [4.78, 5) is 0.503. The van der Waals surface area contributed by atoms with E-state index in [0.717, 1.165) is 23.4 Å². The van der Waals surface area contributed by atoms with Crippen LogP contribution in [-0.4, -0.2) is 0 Å². The molecule has 20 heavy (non-hydrogen) atoms. The van der Waals surface area contributed by atoms with Crippen LogP contribution in [0.25, 0.3) is 0 Å². The van der Waals surface area contributed by atoms with Gasteiger partial charge in [0.25, 0.3) is 0 Å². The van der Waals surface area contributed by atoms with Crippen molar-refractivity contribution in [2.75, 3.05) is 0 Å². The number of benzene rings is 2. The number of halogens is 5. The molecule has 0 aliphatic heterocycles. The molecule has 0 N–H and O–H groups in total. The third-order valence-electron chi connectivity index (χ3n) is 2.55. The first-order valence-corrected chi connectivity index (χ1v) is 7.16. The van der Waals surface area contributed by atoms with Crippen molar-refractivity contribution in [2.45, 2.75) is 22.9 Å². The first-order valence-electron chi connectivity index (χ1n) is 5.59. The maximum absolute atomic E-state index is 12.9. The SMILES string of the molecule is Cc1cc(Cl)c(Sc2ccccc2C(F)(F)F)c(Cl)c1. The second-order valence-corrected chi connectivity index (χ2v) is 6.02. The summed E-state index contributed by atoms with van der Waals surface area (Å²) in [5, 5.41) is 0.689. The van der Waals surface area contributed by atoms with E-state index in [1.165, 1.54) is 12.1 Å². The minimum absolute atomic E-state index is 0.0765. The van der Waals surface area contributed by atoms with Gasteiger partial charge in [0.1, 0.15) is 0 Å². The van der Waals surface area contributed by atoms with Crippen molar-refractivity contribution in [1.82, 2.24) is 0 Å². The number of hydrogen-bond acceptors (Lipinski definition) is 1. The quantitative estimate of drug-likeness (QED) is 0.605. The fraction of sp³-hybridized carbons (Fsp3) is 0.143. The van der Waals surface area contributed by atoms with Crippen molar-refractivity contribution in [3.05, 3.63) is 57.6 Å². The Balaban J connectivity index is 2.46. The van der Waals surface area contributed by atoms with E-state index in [2.05, 4.69) is 0 Å². The minimum atomic E-state index is -4.41. The van der Waals surface area contributed by atoms with E-state index in [1.807, 2.05) is 6.92 Å². The van der Waals surface area contributed by atoms with E-state index in [0.29, 0.717) is 14.9 Å². The van der Waals surface area contributed by atoms with Crippen molar-refractivity contribution >= 4 is 35.0 Å². The van der Waals surface area contributed by atoms with Crippen LogP contribution in [0.3, 0.4) is 0 Å². The van der Waals surface area contributed by atoms with Crippen LogP contribution in [-0.2, 0) is 6.18 Å². The molecule has 0 atom stereocenters. The Morgan fingerprint density at radius 1 is 1.00 bits per heavy atom. The Kier molecular flexibility index (Phi) is 4.57. The van der Waals surface area contributed by atoms with Gasteiger partial charge >= 0.3 is 6.18 Å². The average molecular weight is 337 g/mol. The van der Waals surface area contributed by atoms with Gasteiger partial charge in [-0.1, -0.05) is 47.1 Å². The van der Waals surface area contributed by atoms with Gasteiger partial charge in [0.15, 0.2) is 0 Å². The molecule has 0 saturated carbocycles. The zero-order valence-corrected chi connectivity index (χ0v) is 12.6.